The smallest absolute Gasteiger partial charge is 0.239 e. The number of hydrogen-bond acceptors (Lipinski definition) is 11. The van der Waals surface area contributed by atoms with Gasteiger partial charge in [0.2, 0.25) is 11.8 Å². The Morgan fingerprint density at radius 2 is 1.98 bits per heavy atom. The molecule has 214 valence electrons. The number of piperazine rings is 1. The Bertz CT molecular complexity index is 1410. The van der Waals surface area contributed by atoms with Crippen LogP contribution in [0.2, 0.25) is 0 Å². The number of benzene rings is 1. The van der Waals surface area contributed by atoms with Crippen LogP contribution in [0.25, 0.3) is 11.3 Å². The highest BCUT2D eigenvalue weighted by Gasteiger charge is 2.30. The molecule has 0 spiro atoms. The fourth-order valence-corrected chi connectivity index (χ4v) is 5.32. The molecular weight excluding hydrogens is 527 g/mol. The van der Waals surface area contributed by atoms with Crippen molar-refractivity contribution in [1.29, 1.82) is 5.26 Å². The standard InChI is InChI=1S/C29H33FN8O3/c1-39-28-24(38-12-10-37(11-13-38)21-17-40-18-21)3-5-27(35-28)36-29-33-9-6-23(34-29)19-2-4-25(20(14-19)15-31)41-26-7-8-32-16-22(26)30/h2-6,9,14,21-22,26,32H,7-8,10-13,16-18H2,1H3,(H,33,34,35,36)/t22-,26-/m0/s1. The molecule has 6 rings (SSSR count). The predicted octanol–water partition coefficient (Wildman–Crippen LogP) is 2.76. The molecule has 2 aromatic heterocycles. The SMILES string of the molecule is COc1nc(Nc2nccc(-c3ccc(O[C@H]4CCNC[C@@H]4F)c(C#N)c3)n2)ccc1N1CCN(C2COC2)CC1. The number of nitriles is 1. The van der Waals surface area contributed by atoms with Crippen LogP contribution in [-0.2, 0) is 4.74 Å². The van der Waals surface area contributed by atoms with E-state index in [1.54, 1.807) is 31.5 Å². The summed E-state index contributed by atoms with van der Waals surface area (Å²) in [6, 6.07) is 13.6. The van der Waals surface area contributed by atoms with Gasteiger partial charge in [0.15, 0.2) is 0 Å². The molecule has 0 saturated carbocycles. The van der Waals surface area contributed by atoms with Crippen LogP contribution in [0.1, 0.15) is 12.0 Å². The number of nitrogens with zero attached hydrogens (tertiary/aromatic N) is 6. The van der Waals surface area contributed by atoms with Crippen molar-refractivity contribution in [2.75, 3.05) is 69.8 Å². The Kier molecular flexibility index (Phi) is 8.09. The highest BCUT2D eigenvalue weighted by atomic mass is 19.1. The van der Waals surface area contributed by atoms with Gasteiger partial charge in [0.25, 0.3) is 0 Å². The van der Waals surface area contributed by atoms with E-state index in [2.05, 4.69) is 41.5 Å². The molecule has 12 heteroatoms. The summed E-state index contributed by atoms with van der Waals surface area (Å²) in [4.78, 5) is 18.4. The minimum absolute atomic E-state index is 0.248. The molecule has 2 N–H and O–H groups in total. The zero-order chi connectivity index (χ0) is 28.2. The summed E-state index contributed by atoms with van der Waals surface area (Å²) in [6.07, 6.45) is 0.486. The van der Waals surface area contributed by atoms with E-state index < -0.39 is 12.3 Å². The normalized spacial score (nSPS) is 21.5. The zero-order valence-corrected chi connectivity index (χ0v) is 22.9. The largest absolute Gasteiger partial charge is 0.486 e. The van der Waals surface area contributed by atoms with Gasteiger partial charge >= 0.3 is 0 Å². The van der Waals surface area contributed by atoms with Crippen molar-refractivity contribution in [3.05, 3.63) is 48.2 Å². The van der Waals surface area contributed by atoms with Crippen LogP contribution < -0.4 is 25.0 Å². The van der Waals surface area contributed by atoms with E-state index in [-0.39, 0.29) is 6.54 Å². The second-order valence-electron chi connectivity index (χ2n) is 10.3. The molecule has 1 aromatic carbocycles. The molecule has 11 nitrogen and oxygen atoms in total. The number of rotatable bonds is 8. The van der Waals surface area contributed by atoms with Crippen LogP contribution in [0.3, 0.4) is 0 Å². The molecule has 0 amide bonds. The summed E-state index contributed by atoms with van der Waals surface area (Å²) in [5.41, 5.74) is 2.61. The fraction of sp³-hybridized carbons (Fsp3) is 0.448. The number of anilines is 3. The maximum atomic E-state index is 14.2. The van der Waals surface area contributed by atoms with E-state index in [0.717, 1.165) is 50.6 Å². The summed E-state index contributed by atoms with van der Waals surface area (Å²) >= 11 is 0. The third kappa shape index (κ3) is 6.02. The van der Waals surface area contributed by atoms with Crippen molar-refractivity contribution in [2.24, 2.45) is 0 Å². The van der Waals surface area contributed by atoms with Crippen molar-refractivity contribution < 1.29 is 18.6 Å². The third-order valence-electron chi connectivity index (χ3n) is 7.74. The van der Waals surface area contributed by atoms with E-state index in [1.165, 1.54) is 0 Å². The summed E-state index contributed by atoms with van der Waals surface area (Å²) in [6.45, 7) is 6.33. The summed E-state index contributed by atoms with van der Waals surface area (Å²) in [7, 11) is 1.62. The van der Waals surface area contributed by atoms with Crippen LogP contribution in [0.4, 0.5) is 21.8 Å². The van der Waals surface area contributed by atoms with Crippen LogP contribution in [-0.4, -0.2) is 97.8 Å². The number of hydrogen-bond donors (Lipinski definition) is 2. The second-order valence-corrected chi connectivity index (χ2v) is 10.3. The first kappa shape index (κ1) is 27.1. The second kappa shape index (κ2) is 12.2. The van der Waals surface area contributed by atoms with Crippen molar-refractivity contribution in [3.8, 4) is 29.0 Å². The molecule has 0 radical (unpaired) electrons. The van der Waals surface area contributed by atoms with Gasteiger partial charge in [-0.3, -0.25) is 4.90 Å². The van der Waals surface area contributed by atoms with Crippen LogP contribution >= 0.6 is 0 Å². The minimum atomic E-state index is -1.12. The average molecular weight is 561 g/mol. The first-order chi connectivity index (χ1) is 20.1. The fourth-order valence-electron chi connectivity index (χ4n) is 5.32. The molecule has 2 atom stereocenters. The molecule has 3 aliphatic heterocycles. The molecule has 0 bridgehead atoms. The Balaban J connectivity index is 1.14. The van der Waals surface area contributed by atoms with E-state index in [4.69, 9.17) is 14.2 Å². The summed E-state index contributed by atoms with van der Waals surface area (Å²) in [5.74, 6) is 1.81. The van der Waals surface area contributed by atoms with Gasteiger partial charge in [0, 0.05) is 44.5 Å². The topological polar surface area (TPSA) is 121 Å². The minimum Gasteiger partial charge on any atom is -0.486 e. The highest BCUT2D eigenvalue weighted by Crippen LogP contribution is 2.31. The quantitative estimate of drug-likeness (QED) is 0.423. The number of ether oxygens (including phenoxy) is 3. The number of methoxy groups -OCH3 is 1. The monoisotopic (exact) mass is 560 g/mol. The first-order valence-electron chi connectivity index (χ1n) is 13.9. The van der Waals surface area contributed by atoms with E-state index in [0.29, 0.717) is 53.7 Å². The van der Waals surface area contributed by atoms with Crippen molar-refractivity contribution >= 4 is 17.5 Å². The molecule has 3 aliphatic rings. The third-order valence-corrected chi connectivity index (χ3v) is 7.74. The summed E-state index contributed by atoms with van der Waals surface area (Å²) < 4.78 is 31.1. The zero-order valence-electron chi connectivity index (χ0n) is 22.9. The maximum absolute atomic E-state index is 14.2. The molecular formula is C29H33FN8O3. The average Bonchev–Trinajstić information content (AvgIpc) is 2.98. The lowest BCUT2D eigenvalue weighted by molar-refractivity contribution is -0.0660. The van der Waals surface area contributed by atoms with Crippen LogP contribution in [0, 0.1) is 11.3 Å². The molecule has 41 heavy (non-hydrogen) atoms. The lowest BCUT2D eigenvalue weighted by atomic mass is 10.1. The molecule has 3 saturated heterocycles. The Labute approximate surface area is 238 Å². The molecule has 0 aliphatic carbocycles. The predicted molar refractivity (Wildman–Crippen MR) is 151 cm³/mol. The Morgan fingerprint density at radius 3 is 2.71 bits per heavy atom. The van der Waals surface area contributed by atoms with Crippen LogP contribution in [0.5, 0.6) is 11.6 Å². The summed E-state index contributed by atoms with van der Waals surface area (Å²) in [5, 5.41) is 15.9. The number of piperidine rings is 1. The van der Waals surface area contributed by atoms with Crippen molar-refractivity contribution in [3.63, 3.8) is 0 Å². The molecule has 3 aromatic rings. The molecule has 3 fully saturated rings. The first-order valence-corrected chi connectivity index (χ1v) is 13.9. The molecule has 5 heterocycles. The highest BCUT2D eigenvalue weighted by molar-refractivity contribution is 5.66. The van der Waals surface area contributed by atoms with E-state index in [9.17, 15) is 9.65 Å². The Hall–Kier alpha value is -4.05. The lowest BCUT2D eigenvalue weighted by Gasteiger charge is -2.43. The number of alkyl halides is 1. The van der Waals surface area contributed by atoms with Gasteiger partial charge < -0.3 is 29.7 Å². The van der Waals surface area contributed by atoms with E-state index >= 15 is 0 Å². The Morgan fingerprint density at radius 1 is 1.12 bits per heavy atom. The lowest BCUT2D eigenvalue weighted by Crippen LogP contribution is -2.56. The van der Waals surface area contributed by atoms with Gasteiger partial charge in [-0.2, -0.15) is 10.2 Å². The van der Waals surface area contributed by atoms with Crippen LogP contribution in [0.15, 0.2) is 42.6 Å². The van der Waals surface area contributed by atoms with Gasteiger partial charge in [-0.25, -0.2) is 14.4 Å². The van der Waals surface area contributed by atoms with E-state index in [1.807, 2.05) is 18.2 Å². The number of nitrogens with one attached hydrogen (secondary N) is 2. The van der Waals surface area contributed by atoms with Gasteiger partial charge in [0.05, 0.1) is 37.6 Å². The maximum Gasteiger partial charge on any atom is 0.239 e. The van der Waals surface area contributed by atoms with Crippen molar-refractivity contribution in [2.45, 2.75) is 24.7 Å². The van der Waals surface area contributed by atoms with Gasteiger partial charge in [-0.05, 0) is 49.4 Å². The number of pyridine rings is 1. The van der Waals surface area contributed by atoms with Gasteiger partial charge in [0.1, 0.15) is 35.6 Å². The number of aromatic nitrogens is 3. The number of halogens is 1. The van der Waals surface area contributed by atoms with Gasteiger partial charge in [-0.1, -0.05) is 0 Å². The van der Waals surface area contributed by atoms with Crippen molar-refractivity contribution in [1.82, 2.24) is 25.2 Å². The molecule has 0 unspecified atom stereocenters. The van der Waals surface area contributed by atoms with Gasteiger partial charge in [-0.15, -0.1) is 0 Å².